The maximum absolute atomic E-state index is 1.97. The first kappa shape index (κ1) is 11.2. The molecule has 0 spiro atoms. The standard InChI is InChI=1S/C13H22.Zr/c1-3-7-12(8-4-1)11-13-9-5-2-6-10-13;/h12-13H,1-10H2;/q;+2. The summed E-state index contributed by atoms with van der Waals surface area (Å²) in [5.74, 6) is 2.09. The Hall–Kier alpha value is 0.753. The molecule has 76 valence electrons. The van der Waals surface area contributed by atoms with E-state index in [4.69, 9.17) is 0 Å². The van der Waals surface area contributed by atoms with Gasteiger partial charge in [0.25, 0.3) is 0 Å². The van der Waals surface area contributed by atoms with Gasteiger partial charge in [0, 0.05) is 0 Å². The van der Waals surface area contributed by atoms with E-state index in [2.05, 4.69) is 0 Å². The van der Waals surface area contributed by atoms with E-state index in [-0.39, 0.29) is 0 Å². The summed E-state index contributed by atoms with van der Waals surface area (Å²) in [6, 6.07) is 0. The normalized spacial score (nSPS) is 26.4. The van der Waals surface area contributed by atoms with Gasteiger partial charge in [-0.05, 0) is 0 Å². The van der Waals surface area contributed by atoms with Crippen molar-refractivity contribution in [1.82, 2.24) is 0 Å². The molecule has 2 fully saturated rings. The zero-order valence-corrected chi connectivity index (χ0v) is 11.7. The third kappa shape index (κ3) is 2.88. The van der Waals surface area contributed by atoms with Gasteiger partial charge in [0.05, 0.1) is 0 Å². The van der Waals surface area contributed by atoms with Crippen molar-refractivity contribution in [2.45, 2.75) is 64.2 Å². The minimum absolute atomic E-state index is 1.05. The van der Waals surface area contributed by atoms with Crippen molar-refractivity contribution in [3.8, 4) is 0 Å². The summed E-state index contributed by atoms with van der Waals surface area (Å²) in [6.07, 6.45) is 15.1. The van der Waals surface area contributed by atoms with Crippen LogP contribution in [0, 0.1) is 11.8 Å². The fourth-order valence-corrected chi connectivity index (χ4v) is 4.58. The van der Waals surface area contributed by atoms with E-state index < -0.39 is 0 Å². The van der Waals surface area contributed by atoms with Gasteiger partial charge in [0.1, 0.15) is 0 Å². The second kappa shape index (κ2) is 5.73. The summed E-state index contributed by atoms with van der Waals surface area (Å²) in [4.78, 5) is 0. The van der Waals surface area contributed by atoms with E-state index in [1.54, 1.807) is 24.2 Å². The van der Waals surface area contributed by atoms with Gasteiger partial charge in [-0.25, -0.2) is 0 Å². The first-order valence-electron chi connectivity index (χ1n) is 6.46. The monoisotopic (exact) mass is 268 g/mol. The fraction of sp³-hybridized carbons (Fsp3) is 0.923. The molecule has 0 aromatic rings. The predicted octanol–water partition coefficient (Wildman–Crippen LogP) is 3.87. The van der Waals surface area contributed by atoms with Crippen molar-refractivity contribution in [3.63, 3.8) is 0 Å². The van der Waals surface area contributed by atoms with E-state index in [0.717, 1.165) is 11.8 Å². The van der Waals surface area contributed by atoms with Crippen molar-refractivity contribution in [3.05, 3.63) is 0 Å². The molecule has 0 aliphatic heterocycles. The summed E-state index contributed by atoms with van der Waals surface area (Å²) >= 11 is 1.77. The van der Waals surface area contributed by atoms with Gasteiger partial charge in [-0.3, -0.25) is 0 Å². The van der Waals surface area contributed by atoms with E-state index in [0.29, 0.717) is 0 Å². The van der Waals surface area contributed by atoms with Crippen LogP contribution in [0.1, 0.15) is 64.2 Å². The van der Waals surface area contributed by atoms with E-state index in [9.17, 15) is 0 Å². The molecule has 0 radical (unpaired) electrons. The fourth-order valence-electron chi connectivity index (χ4n) is 3.16. The molecule has 0 N–H and O–H groups in total. The molecule has 2 aliphatic rings. The van der Waals surface area contributed by atoms with Gasteiger partial charge in [0.15, 0.2) is 0 Å². The second-order valence-corrected chi connectivity index (χ2v) is 6.54. The molecule has 0 saturated heterocycles. The molecule has 0 amide bonds. The molecular formula is C13H22Zr+2. The van der Waals surface area contributed by atoms with Gasteiger partial charge in [-0.1, -0.05) is 0 Å². The Morgan fingerprint density at radius 1 is 0.643 bits per heavy atom. The molecule has 0 aromatic heterocycles. The molecular weight excluding hydrogens is 247 g/mol. The predicted molar refractivity (Wildman–Crippen MR) is 58.2 cm³/mol. The molecule has 2 saturated carbocycles. The van der Waals surface area contributed by atoms with Crippen LogP contribution in [0.4, 0.5) is 0 Å². The molecule has 14 heavy (non-hydrogen) atoms. The number of hydrogen-bond donors (Lipinski definition) is 0. The first-order chi connectivity index (χ1) is 6.88. The van der Waals surface area contributed by atoms with Crippen LogP contribution in [-0.2, 0) is 24.2 Å². The minimum atomic E-state index is 1.05. The Labute approximate surface area is 103 Å². The Bertz CT molecular complexity index is 165. The van der Waals surface area contributed by atoms with Crippen molar-refractivity contribution >= 4 is 3.21 Å². The summed E-state index contributed by atoms with van der Waals surface area (Å²) in [5.41, 5.74) is 0. The van der Waals surface area contributed by atoms with Crippen LogP contribution in [0.5, 0.6) is 0 Å². The molecule has 0 unspecified atom stereocenters. The van der Waals surface area contributed by atoms with Crippen LogP contribution in [0.2, 0.25) is 0 Å². The van der Waals surface area contributed by atoms with Gasteiger partial charge >= 0.3 is 103 Å². The van der Waals surface area contributed by atoms with Crippen LogP contribution >= 0.6 is 0 Å². The van der Waals surface area contributed by atoms with Gasteiger partial charge in [-0.2, -0.15) is 0 Å². The van der Waals surface area contributed by atoms with Gasteiger partial charge < -0.3 is 0 Å². The molecule has 0 aromatic carbocycles. The van der Waals surface area contributed by atoms with Crippen molar-refractivity contribution in [2.24, 2.45) is 11.8 Å². The average Bonchev–Trinajstić information content (AvgIpc) is 2.30. The SMILES string of the molecule is [Zr+2]=[C](C1CCCCC1)C1CCCCC1. The Morgan fingerprint density at radius 3 is 1.36 bits per heavy atom. The third-order valence-corrected chi connectivity index (χ3v) is 6.10. The van der Waals surface area contributed by atoms with Crippen LogP contribution in [0.25, 0.3) is 0 Å². The van der Waals surface area contributed by atoms with Crippen LogP contribution in [0.3, 0.4) is 0 Å². The van der Waals surface area contributed by atoms with Crippen molar-refractivity contribution in [2.75, 3.05) is 0 Å². The van der Waals surface area contributed by atoms with Crippen LogP contribution < -0.4 is 0 Å². The zero-order valence-electron chi connectivity index (χ0n) is 9.23. The van der Waals surface area contributed by atoms with E-state index in [1.165, 1.54) is 64.2 Å². The van der Waals surface area contributed by atoms with Gasteiger partial charge in [-0.15, -0.1) is 0 Å². The second-order valence-electron chi connectivity index (χ2n) is 5.13. The quantitative estimate of drug-likeness (QED) is 0.714. The summed E-state index contributed by atoms with van der Waals surface area (Å²) in [5, 5.41) is 0. The maximum atomic E-state index is 1.97. The Balaban J connectivity index is 1.85. The summed E-state index contributed by atoms with van der Waals surface area (Å²) in [6.45, 7) is 0. The van der Waals surface area contributed by atoms with Crippen LogP contribution in [-0.4, -0.2) is 3.21 Å². The molecule has 1 heteroatoms. The Kier molecular flexibility index (Phi) is 4.60. The average molecular weight is 270 g/mol. The van der Waals surface area contributed by atoms with Crippen LogP contribution in [0.15, 0.2) is 0 Å². The Morgan fingerprint density at radius 2 is 1.00 bits per heavy atom. The zero-order chi connectivity index (χ0) is 9.80. The summed E-state index contributed by atoms with van der Waals surface area (Å²) < 4.78 is 1.97. The van der Waals surface area contributed by atoms with Gasteiger partial charge in [0.2, 0.25) is 0 Å². The number of rotatable bonds is 2. The first-order valence-corrected chi connectivity index (χ1v) is 7.69. The molecule has 0 bridgehead atoms. The molecule has 0 atom stereocenters. The molecule has 0 heterocycles. The molecule has 2 aliphatic carbocycles. The number of hydrogen-bond acceptors (Lipinski definition) is 0. The summed E-state index contributed by atoms with van der Waals surface area (Å²) in [7, 11) is 0. The van der Waals surface area contributed by atoms with E-state index in [1.807, 2.05) is 3.21 Å². The third-order valence-electron chi connectivity index (χ3n) is 4.09. The topological polar surface area (TPSA) is 0 Å². The van der Waals surface area contributed by atoms with E-state index >= 15 is 0 Å². The molecule has 2 rings (SSSR count). The van der Waals surface area contributed by atoms with Crippen molar-refractivity contribution in [1.29, 1.82) is 0 Å². The molecule has 0 nitrogen and oxygen atoms in total. The van der Waals surface area contributed by atoms with Crippen molar-refractivity contribution < 1.29 is 24.2 Å².